The smallest absolute Gasteiger partial charge is 0.126 e. The Kier molecular flexibility index (Phi) is 12.8. The van der Waals surface area contributed by atoms with Crippen LogP contribution in [0.25, 0.3) is 5.57 Å². The van der Waals surface area contributed by atoms with E-state index in [9.17, 15) is 0 Å². The Morgan fingerprint density at radius 2 is 2.12 bits per heavy atom. The molecule has 2 aliphatic carbocycles. The Labute approximate surface area is 253 Å². The van der Waals surface area contributed by atoms with Gasteiger partial charge in [-0.2, -0.15) is 0 Å². The van der Waals surface area contributed by atoms with Gasteiger partial charge in [-0.3, -0.25) is 0 Å². The van der Waals surface area contributed by atoms with Gasteiger partial charge in [-0.25, -0.2) is 4.98 Å². The van der Waals surface area contributed by atoms with Crippen molar-refractivity contribution in [2.75, 3.05) is 13.1 Å². The van der Waals surface area contributed by atoms with Crippen molar-refractivity contribution in [2.45, 2.75) is 72.8 Å². The molecule has 2 aliphatic rings. The molecule has 1 aromatic heterocycles. The zero-order chi connectivity index (χ0) is 30.3. The molecule has 4 nitrogen and oxygen atoms in total. The number of nitrogens with zero attached hydrogens (tertiary/aromatic N) is 2. The highest BCUT2D eigenvalue weighted by Crippen LogP contribution is 2.32. The summed E-state index contributed by atoms with van der Waals surface area (Å²) in [6, 6.07) is 0. The van der Waals surface area contributed by atoms with E-state index in [1.54, 1.807) is 0 Å². The van der Waals surface area contributed by atoms with E-state index in [0.717, 1.165) is 67.1 Å². The molecular formula is C38H46N4. The lowest BCUT2D eigenvalue weighted by Gasteiger charge is -2.26. The normalized spacial score (nSPS) is 17.5. The van der Waals surface area contributed by atoms with Crippen LogP contribution in [0.2, 0.25) is 0 Å². The molecule has 0 saturated carbocycles. The number of aromatic nitrogens is 2. The van der Waals surface area contributed by atoms with E-state index in [-0.39, 0.29) is 0 Å². The summed E-state index contributed by atoms with van der Waals surface area (Å²) in [6.45, 7) is 19.2. The van der Waals surface area contributed by atoms with Crippen molar-refractivity contribution in [3.8, 4) is 12.3 Å². The fourth-order valence-electron chi connectivity index (χ4n) is 4.82. The van der Waals surface area contributed by atoms with Crippen molar-refractivity contribution in [1.29, 1.82) is 0 Å². The number of terminal acetylenes is 1. The Hall–Kier alpha value is -4.41. The van der Waals surface area contributed by atoms with Crippen LogP contribution in [0.5, 0.6) is 0 Å². The first-order valence-corrected chi connectivity index (χ1v) is 15.0. The standard InChI is InChI=1S/C38H46N4/c1-8-11-12-20-34(37-27-40-38(41-37)28-42(24-9-2)32(7)26-39-31(6)10-3)25-33-19-15-13-17-29(4)22-23-35-30(5)18-14-16-21-36(33)35/h1,12-14,17-18,21-22,25,27,39H,6-7,9-11,15,19,23-24,26,28H2,2-5H3,(H,40,41)/b17-13-,29-22-,33-25+. The van der Waals surface area contributed by atoms with Gasteiger partial charge in [0, 0.05) is 29.9 Å². The van der Waals surface area contributed by atoms with Crippen molar-refractivity contribution in [1.82, 2.24) is 20.2 Å². The average molecular weight is 559 g/mol. The molecule has 1 heterocycles. The summed E-state index contributed by atoms with van der Waals surface area (Å²) in [5.41, 5.74) is 17.1. The lowest BCUT2D eigenvalue weighted by molar-refractivity contribution is 0.322. The van der Waals surface area contributed by atoms with Crippen LogP contribution in [0.1, 0.15) is 77.7 Å². The molecule has 0 saturated heterocycles. The number of allylic oxidation sites excluding steroid dienone is 13. The van der Waals surface area contributed by atoms with E-state index in [1.807, 2.05) is 18.3 Å². The maximum Gasteiger partial charge on any atom is 0.126 e. The van der Waals surface area contributed by atoms with Crippen molar-refractivity contribution in [2.24, 2.45) is 0 Å². The van der Waals surface area contributed by atoms with Gasteiger partial charge < -0.3 is 15.2 Å². The summed E-state index contributed by atoms with van der Waals surface area (Å²) in [5, 5.41) is 3.37. The highest BCUT2D eigenvalue weighted by molar-refractivity contribution is 5.74. The van der Waals surface area contributed by atoms with E-state index in [0.29, 0.717) is 19.5 Å². The van der Waals surface area contributed by atoms with E-state index < -0.39 is 0 Å². The van der Waals surface area contributed by atoms with Gasteiger partial charge in [0.2, 0.25) is 0 Å². The van der Waals surface area contributed by atoms with E-state index >= 15 is 0 Å². The van der Waals surface area contributed by atoms with Crippen LogP contribution in [0, 0.1) is 12.3 Å². The lowest BCUT2D eigenvalue weighted by atomic mass is 9.88. The number of hydrogen-bond donors (Lipinski definition) is 2. The molecule has 0 amide bonds. The second kappa shape index (κ2) is 16.8. The summed E-state index contributed by atoms with van der Waals surface area (Å²) in [4.78, 5) is 10.6. The summed E-state index contributed by atoms with van der Waals surface area (Å²) < 4.78 is 0. The molecule has 218 valence electrons. The molecule has 0 aromatic carbocycles. The van der Waals surface area contributed by atoms with Crippen molar-refractivity contribution < 1.29 is 0 Å². The second-order valence-electron chi connectivity index (χ2n) is 10.7. The molecule has 0 atom stereocenters. The van der Waals surface area contributed by atoms with Gasteiger partial charge in [0.05, 0.1) is 25.0 Å². The molecule has 2 N–H and O–H groups in total. The van der Waals surface area contributed by atoms with Gasteiger partial charge in [0.15, 0.2) is 0 Å². The van der Waals surface area contributed by atoms with Crippen LogP contribution in [0.4, 0.5) is 0 Å². The summed E-state index contributed by atoms with van der Waals surface area (Å²) in [6.07, 6.45) is 29.8. The monoisotopic (exact) mass is 558 g/mol. The Balaban J connectivity index is 2.01. The van der Waals surface area contributed by atoms with Crippen LogP contribution in [0.15, 0.2) is 119 Å². The highest BCUT2D eigenvalue weighted by Gasteiger charge is 2.16. The van der Waals surface area contributed by atoms with Crippen LogP contribution < -0.4 is 5.32 Å². The second-order valence-corrected chi connectivity index (χ2v) is 10.7. The maximum atomic E-state index is 5.57. The lowest BCUT2D eigenvalue weighted by Crippen LogP contribution is -2.29. The Morgan fingerprint density at radius 1 is 1.29 bits per heavy atom. The maximum absolute atomic E-state index is 5.57. The number of rotatable bonds is 12. The number of aromatic amines is 1. The first kappa shape index (κ1) is 32.1. The van der Waals surface area contributed by atoms with Crippen LogP contribution in [-0.4, -0.2) is 28.0 Å². The molecule has 4 heteroatoms. The molecule has 0 aliphatic heterocycles. The largest absolute Gasteiger partial charge is 0.383 e. The highest BCUT2D eigenvalue weighted by atomic mass is 15.2. The fraction of sp³-hybridized carbons (Fsp3) is 0.342. The fourth-order valence-corrected chi connectivity index (χ4v) is 4.82. The minimum Gasteiger partial charge on any atom is -0.383 e. The van der Waals surface area contributed by atoms with Gasteiger partial charge in [0.25, 0.3) is 0 Å². The van der Waals surface area contributed by atoms with Crippen molar-refractivity contribution >= 4 is 5.57 Å². The SMILES string of the molecule is C#CCC=C=C(/C=C1\CC/C=C\C(C)=C/CC2=C1C=C=CC=C2C)c1cnc(CN(CCC)C(=C)CNC(=C)CC)[nH]1. The molecule has 0 bridgehead atoms. The quantitative estimate of drug-likeness (QED) is 0.199. The molecular weight excluding hydrogens is 512 g/mol. The molecule has 42 heavy (non-hydrogen) atoms. The zero-order valence-electron chi connectivity index (χ0n) is 25.9. The first-order valence-electron chi connectivity index (χ1n) is 15.0. The first-order chi connectivity index (χ1) is 20.4. The number of imidazole rings is 1. The third-order valence-corrected chi connectivity index (χ3v) is 7.36. The predicted octanol–water partition coefficient (Wildman–Crippen LogP) is 8.79. The molecule has 0 unspecified atom stereocenters. The molecule has 1 aromatic rings. The van der Waals surface area contributed by atoms with Crippen molar-refractivity contribution in [3.05, 3.63) is 130 Å². The Morgan fingerprint density at radius 3 is 2.88 bits per heavy atom. The molecule has 0 radical (unpaired) electrons. The topological polar surface area (TPSA) is 44.0 Å². The third-order valence-electron chi connectivity index (χ3n) is 7.36. The minimum absolute atomic E-state index is 0.513. The van der Waals surface area contributed by atoms with Crippen LogP contribution >= 0.6 is 0 Å². The predicted molar refractivity (Wildman–Crippen MR) is 179 cm³/mol. The summed E-state index contributed by atoms with van der Waals surface area (Å²) in [7, 11) is 0. The van der Waals surface area contributed by atoms with E-state index in [4.69, 9.17) is 11.4 Å². The van der Waals surface area contributed by atoms with Crippen LogP contribution in [-0.2, 0) is 6.54 Å². The Bertz CT molecular complexity index is 1470. The molecule has 3 rings (SSSR count). The van der Waals surface area contributed by atoms with Crippen molar-refractivity contribution in [3.63, 3.8) is 0 Å². The molecule has 0 fully saturated rings. The van der Waals surface area contributed by atoms with E-state index in [2.05, 4.69) is 110 Å². The van der Waals surface area contributed by atoms with Gasteiger partial charge in [-0.15, -0.1) is 23.8 Å². The third kappa shape index (κ3) is 9.60. The van der Waals surface area contributed by atoms with Gasteiger partial charge in [0.1, 0.15) is 5.82 Å². The average Bonchev–Trinajstić information content (AvgIpc) is 3.37. The zero-order valence-corrected chi connectivity index (χ0v) is 25.9. The van der Waals surface area contributed by atoms with Gasteiger partial charge in [-0.05, 0) is 92.5 Å². The summed E-state index contributed by atoms with van der Waals surface area (Å²) >= 11 is 0. The van der Waals surface area contributed by atoms with Gasteiger partial charge >= 0.3 is 0 Å². The number of H-pyrrole nitrogens is 1. The minimum atomic E-state index is 0.513. The number of hydrogen-bond acceptors (Lipinski definition) is 3. The van der Waals surface area contributed by atoms with Crippen LogP contribution in [0.3, 0.4) is 0 Å². The van der Waals surface area contributed by atoms with E-state index in [1.165, 1.54) is 27.9 Å². The summed E-state index contributed by atoms with van der Waals surface area (Å²) in [5.74, 6) is 3.58. The number of nitrogens with one attached hydrogen (secondary N) is 2. The molecule has 0 spiro atoms. The van der Waals surface area contributed by atoms with Gasteiger partial charge in [-0.1, -0.05) is 56.9 Å².